The molecule has 2 heterocycles. The summed E-state index contributed by atoms with van der Waals surface area (Å²) in [5.74, 6) is 0. The van der Waals surface area contributed by atoms with Gasteiger partial charge in [-0.1, -0.05) is 0 Å². The highest BCUT2D eigenvalue weighted by molar-refractivity contribution is 7.91. The van der Waals surface area contributed by atoms with Crippen LogP contribution in [0.1, 0.15) is 23.3 Å². The molecule has 2 rings (SSSR count). The van der Waals surface area contributed by atoms with Crippen LogP contribution in [0.3, 0.4) is 0 Å². The van der Waals surface area contributed by atoms with E-state index in [4.69, 9.17) is 10.5 Å². The zero-order valence-corrected chi connectivity index (χ0v) is 12.9. The van der Waals surface area contributed by atoms with Gasteiger partial charge in [0.2, 0.25) is 0 Å². The highest BCUT2D eigenvalue weighted by Gasteiger charge is 2.30. The van der Waals surface area contributed by atoms with Gasteiger partial charge in [-0.05, 0) is 31.4 Å². The molecule has 5 nitrogen and oxygen atoms in total. The number of thiophene rings is 1. The number of nitrogens with zero attached hydrogens (tertiary/aromatic N) is 1. The van der Waals surface area contributed by atoms with Crippen LogP contribution in [0.5, 0.6) is 0 Å². The molecule has 1 fully saturated rings. The summed E-state index contributed by atoms with van der Waals surface area (Å²) in [6.07, 6.45) is 1.51. The molecule has 1 aromatic rings. The third-order valence-electron chi connectivity index (χ3n) is 3.52. The molecule has 0 radical (unpaired) electrons. The first-order valence-corrected chi connectivity index (χ1v) is 8.57. The van der Waals surface area contributed by atoms with E-state index in [1.807, 2.05) is 6.92 Å². The maximum absolute atomic E-state index is 12.6. The molecule has 19 heavy (non-hydrogen) atoms. The normalized spacial score (nSPS) is 18.1. The van der Waals surface area contributed by atoms with Crippen LogP contribution in [-0.2, 0) is 21.3 Å². The van der Waals surface area contributed by atoms with Gasteiger partial charge in [0.1, 0.15) is 4.21 Å². The maximum Gasteiger partial charge on any atom is 0.252 e. The summed E-state index contributed by atoms with van der Waals surface area (Å²) in [5.41, 5.74) is 6.56. The van der Waals surface area contributed by atoms with Gasteiger partial charge in [0.05, 0.1) is 0 Å². The standard InChI is InChI=1S/C12H20N2O3S2/c1-9-7-12(18-11(9)8-13)19(15,16)14(2)10-3-5-17-6-4-10/h7,10H,3-6,8,13H2,1-2H3. The highest BCUT2D eigenvalue weighted by atomic mass is 32.2. The van der Waals surface area contributed by atoms with Gasteiger partial charge in [0.15, 0.2) is 0 Å². The molecule has 1 saturated heterocycles. The predicted octanol–water partition coefficient (Wildman–Crippen LogP) is 1.31. The minimum atomic E-state index is -3.41. The Morgan fingerprint density at radius 3 is 2.63 bits per heavy atom. The van der Waals surface area contributed by atoms with E-state index < -0.39 is 10.0 Å². The van der Waals surface area contributed by atoms with Gasteiger partial charge < -0.3 is 10.5 Å². The number of sulfonamides is 1. The van der Waals surface area contributed by atoms with Crippen molar-refractivity contribution in [2.24, 2.45) is 5.73 Å². The molecule has 1 aromatic heterocycles. The van der Waals surface area contributed by atoms with E-state index in [1.54, 1.807) is 13.1 Å². The molecular formula is C12H20N2O3S2. The Hall–Kier alpha value is -0.470. The van der Waals surface area contributed by atoms with Crippen molar-refractivity contribution in [2.45, 2.75) is 36.6 Å². The van der Waals surface area contributed by atoms with E-state index in [9.17, 15) is 8.42 Å². The van der Waals surface area contributed by atoms with E-state index in [2.05, 4.69) is 0 Å². The number of nitrogens with two attached hydrogens (primary N) is 1. The van der Waals surface area contributed by atoms with Crippen molar-refractivity contribution < 1.29 is 13.2 Å². The fraction of sp³-hybridized carbons (Fsp3) is 0.667. The monoisotopic (exact) mass is 304 g/mol. The molecule has 0 aliphatic carbocycles. The zero-order valence-electron chi connectivity index (χ0n) is 11.3. The lowest BCUT2D eigenvalue weighted by Gasteiger charge is -2.29. The van der Waals surface area contributed by atoms with Crippen molar-refractivity contribution >= 4 is 21.4 Å². The zero-order chi connectivity index (χ0) is 14.0. The van der Waals surface area contributed by atoms with Crippen LogP contribution in [0.4, 0.5) is 0 Å². The fourth-order valence-electron chi connectivity index (χ4n) is 2.21. The van der Waals surface area contributed by atoms with Crippen LogP contribution >= 0.6 is 11.3 Å². The second kappa shape index (κ2) is 5.88. The summed E-state index contributed by atoms with van der Waals surface area (Å²) in [5, 5.41) is 0. The van der Waals surface area contributed by atoms with E-state index in [-0.39, 0.29) is 6.04 Å². The summed E-state index contributed by atoms with van der Waals surface area (Å²) < 4.78 is 32.3. The molecule has 0 bridgehead atoms. The third-order valence-corrected chi connectivity index (χ3v) is 7.14. The van der Waals surface area contributed by atoms with Crippen LogP contribution in [0, 0.1) is 6.92 Å². The van der Waals surface area contributed by atoms with E-state index >= 15 is 0 Å². The van der Waals surface area contributed by atoms with Gasteiger partial charge in [-0.15, -0.1) is 11.3 Å². The van der Waals surface area contributed by atoms with Crippen molar-refractivity contribution in [3.8, 4) is 0 Å². The number of rotatable bonds is 4. The SMILES string of the molecule is Cc1cc(S(=O)(=O)N(C)C2CCOCC2)sc1CN. The van der Waals surface area contributed by atoms with Crippen LogP contribution in [0.2, 0.25) is 0 Å². The molecule has 7 heteroatoms. The second-order valence-electron chi connectivity index (χ2n) is 4.74. The smallest absolute Gasteiger partial charge is 0.252 e. The van der Waals surface area contributed by atoms with Crippen LogP contribution in [0.15, 0.2) is 10.3 Å². The van der Waals surface area contributed by atoms with E-state index in [1.165, 1.54) is 15.6 Å². The van der Waals surface area contributed by atoms with Crippen LogP contribution in [0.25, 0.3) is 0 Å². The van der Waals surface area contributed by atoms with Gasteiger partial charge in [0.25, 0.3) is 10.0 Å². The Labute approximate surface area is 118 Å². The minimum absolute atomic E-state index is 0.0301. The maximum atomic E-state index is 12.6. The van der Waals surface area contributed by atoms with Crippen molar-refractivity contribution in [3.05, 3.63) is 16.5 Å². The fourth-order valence-corrected chi connectivity index (χ4v) is 5.28. The Bertz CT molecular complexity index is 533. The topological polar surface area (TPSA) is 72.6 Å². The van der Waals surface area contributed by atoms with Crippen molar-refractivity contribution in [3.63, 3.8) is 0 Å². The molecule has 1 aliphatic heterocycles. The largest absolute Gasteiger partial charge is 0.381 e. The van der Waals surface area contributed by atoms with Gasteiger partial charge >= 0.3 is 0 Å². The number of aryl methyl sites for hydroxylation is 1. The lowest BCUT2D eigenvalue weighted by atomic mass is 10.1. The molecular weight excluding hydrogens is 284 g/mol. The first-order chi connectivity index (χ1) is 8.96. The van der Waals surface area contributed by atoms with Crippen molar-refractivity contribution in [2.75, 3.05) is 20.3 Å². The summed E-state index contributed by atoms with van der Waals surface area (Å²) in [7, 11) is -1.75. The minimum Gasteiger partial charge on any atom is -0.381 e. The lowest BCUT2D eigenvalue weighted by Crippen LogP contribution is -2.40. The average molecular weight is 304 g/mol. The lowest BCUT2D eigenvalue weighted by molar-refractivity contribution is 0.0632. The summed E-state index contributed by atoms with van der Waals surface area (Å²) >= 11 is 1.27. The average Bonchev–Trinajstić information content (AvgIpc) is 2.81. The van der Waals surface area contributed by atoms with E-state index in [0.717, 1.165) is 23.3 Å². The summed E-state index contributed by atoms with van der Waals surface area (Å²) in [4.78, 5) is 0.930. The second-order valence-corrected chi connectivity index (χ2v) is 8.10. The van der Waals surface area contributed by atoms with Gasteiger partial charge in [-0.25, -0.2) is 8.42 Å². The van der Waals surface area contributed by atoms with E-state index in [0.29, 0.717) is 24.0 Å². The molecule has 0 aromatic carbocycles. The molecule has 0 spiro atoms. The molecule has 0 atom stereocenters. The first kappa shape index (κ1) is 14.9. The van der Waals surface area contributed by atoms with Gasteiger partial charge in [-0.3, -0.25) is 0 Å². The summed E-state index contributed by atoms with van der Waals surface area (Å²) in [6.45, 7) is 3.53. The molecule has 1 aliphatic rings. The van der Waals surface area contributed by atoms with Crippen LogP contribution in [-0.4, -0.2) is 39.0 Å². The Morgan fingerprint density at radius 1 is 1.47 bits per heavy atom. The molecule has 0 unspecified atom stereocenters. The molecule has 108 valence electrons. The first-order valence-electron chi connectivity index (χ1n) is 6.32. The summed E-state index contributed by atoms with van der Waals surface area (Å²) in [6, 6.07) is 1.75. The molecule has 2 N–H and O–H groups in total. The number of ether oxygens (including phenoxy) is 1. The van der Waals surface area contributed by atoms with Crippen molar-refractivity contribution in [1.82, 2.24) is 4.31 Å². The van der Waals surface area contributed by atoms with Gasteiger partial charge in [-0.2, -0.15) is 4.31 Å². The highest BCUT2D eigenvalue weighted by Crippen LogP contribution is 2.29. The third kappa shape index (κ3) is 3.00. The molecule has 0 amide bonds. The molecule has 0 saturated carbocycles. The Morgan fingerprint density at radius 2 is 2.11 bits per heavy atom. The quantitative estimate of drug-likeness (QED) is 0.910. The Kier molecular flexibility index (Phi) is 4.62. The number of hydrogen-bond donors (Lipinski definition) is 1. The Balaban J connectivity index is 2.24. The van der Waals surface area contributed by atoms with Crippen molar-refractivity contribution in [1.29, 1.82) is 0 Å². The van der Waals surface area contributed by atoms with Gasteiger partial charge in [0, 0.05) is 37.7 Å². The number of hydrogen-bond acceptors (Lipinski definition) is 5. The predicted molar refractivity (Wildman–Crippen MR) is 75.7 cm³/mol. The van der Waals surface area contributed by atoms with Crippen LogP contribution < -0.4 is 5.73 Å².